The van der Waals surface area contributed by atoms with Gasteiger partial charge in [-0.25, -0.2) is 4.39 Å². The third-order valence-electron chi connectivity index (χ3n) is 3.26. The van der Waals surface area contributed by atoms with Crippen molar-refractivity contribution in [1.29, 1.82) is 0 Å². The zero-order chi connectivity index (χ0) is 18.4. The van der Waals surface area contributed by atoms with Crippen molar-refractivity contribution >= 4 is 11.6 Å². The highest BCUT2D eigenvalue weighted by Gasteiger charge is 2.32. The molecule has 4 nitrogen and oxygen atoms in total. The Kier molecular flexibility index (Phi) is 5.84. The second-order valence-corrected chi connectivity index (χ2v) is 5.26. The summed E-state index contributed by atoms with van der Waals surface area (Å²) in [6, 6.07) is 9.89. The van der Waals surface area contributed by atoms with Crippen LogP contribution in [0, 0.1) is 12.7 Å². The quantitative estimate of drug-likeness (QED) is 0.775. The van der Waals surface area contributed by atoms with Gasteiger partial charge < -0.3 is 15.4 Å². The number of carbonyl (C=O) groups excluding carboxylic acids is 1. The molecule has 0 bridgehead atoms. The number of benzene rings is 2. The molecule has 0 heterocycles. The van der Waals surface area contributed by atoms with Gasteiger partial charge in [-0.2, -0.15) is 0 Å². The number of anilines is 1. The van der Waals surface area contributed by atoms with Gasteiger partial charge in [0.15, 0.2) is 5.75 Å². The first kappa shape index (κ1) is 18.6. The second-order valence-electron chi connectivity index (χ2n) is 5.26. The number of nitrogens with one attached hydrogen (secondary N) is 2. The molecule has 1 amide bonds. The molecule has 0 saturated heterocycles. The number of alkyl halides is 3. The fraction of sp³-hybridized carbons (Fsp3) is 0.235. The van der Waals surface area contributed by atoms with Gasteiger partial charge in [0.2, 0.25) is 5.91 Å². The van der Waals surface area contributed by atoms with Crippen molar-refractivity contribution in [3.05, 3.63) is 59.4 Å². The molecule has 8 heteroatoms. The molecule has 0 unspecified atom stereocenters. The number of halogens is 4. The molecule has 0 atom stereocenters. The van der Waals surface area contributed by atoms with Crippen molar-refractivity contribution in [2.24, 2.45) is 0 Å². The minimum Gasteiger partial charge on any atom is -0.404 e. The fourth-order valence-electron chi connectivity index (χ4n) is 2.08. The Balaban J connectivity index is 1.89. The molecule has 2 N–H and O–H groups in total. The van der Waals surface area contributed by atoms with Gasteiger partial charge in [-0.05, 0) is 36.2 Å². The summed E-state index contributed by atoms with van der Waals surface area (Å²) in [6.45, 7) is 1.56. The van der Waals surface area contributed by atoms with E-state index in [0.29, 0.717) is 11.1 Å². The Morgan fingerprint density at radius 1 is 1.16 bits per heavy atom. The summed E-state index contributed by atoms with van der Waals surface area (Å²) in [5.74, 6) is -1.18. The normalized spacial score (nSPS) is 11.1. The van der Waals surface area contributed by atoms with Gasteiger partial charge in [0.1, 0.15) is 5.82 Å². The lowest BCUT2D eigenvalue weighted by Gasteiger charge is -2.14. The lowest BCUT2D eigenvalue weighted by Crippen LogP contribution is -2.29. The molecule has 0 aliphatic heterocycles. The van der Waals surface area contributed by atoms with Crippen molar-refractivity contribution in [2.75, 3.05) is 11.9 Å². The fourth-order valence-corrected chi connectivity index (χ4v) is 2.08. The smallest absolute Gasteiger partial charge is 0.404 e. The lowest BCUT2D eigenvalue weighted by molar-refractivity contribution is -0.274. The molecule has 0 aromatic heterocycles. The molecule has 25 heavy (non-hydrogen) atoms. The van der Waals surface area contributed by atoms with E-state index in [1.165, 1.54) is 24.3 Å². The number of amides is 1. The standard InChI is InChI=1S/C17H16F4N2O2/c1-11-8-12(6-7-13(11)18)9-23-16(24)10-22-14-4-2-3-5-15(14)25-17(19,20)21/h2-8,22H,9-10H2,1H3,(H,23,24). The zero-order valence-corrected chi connectivity index (χ0v) is 13.3. The number of hydrogen-bond donors (Lipinski definition) is 2. The summed E-state index contributed by atoms with van der Waals surface area (Å²) < 4.78 is 54.1. The van der Waals surface area contributed by atoms with Crippen molar-refractivity contribution in [3.63, 3.8) is 0 Å². The van der Waals surface area contributed by atoms with Crippen LogP contribution in [-0.4, -0.2) is 18.8 Å². The average Bonchev–Trinajstić information content (AvgIpc) is 2.54. The maximum atomic E-state index is 13.2. The van der Waals surface area contributed by atoms with Crippen LogP contribution in [0.15, 0.2) is 42.5 Å². The molecule has 134 valence electrons. The van der Waals surface area contributed by atoms with E-state index in [1.54, 1.807) is 19.1 Å². The minimum absolute atomic E-state index is 0.0487. The summed E-state index contributed by atoms with van der Waals surface area (Å²) in [5.41, 5.74) is 1.23. The molecule has 0 saturated carbocycles. The van der Waals surface area contributed by atoms with Gasteiger partial charge in [-0.1, -0.05) is 24.3 Å². The maximum absolute atomic E-state index is 13.2. The maximum Gasteiger partial charge on any atom is 0.573 e. The summed E-state index contributed by atoms with van der Waals surface area (Å²) in [6.07, 6.45) is -4.82. The highest BCUT2D eigenvalue weighted by molar-refractivity contribution is 5.81. The van der Waals surface area contributed by atoms with E-state index < -0.39 is 18.0 Å². The highest BCUT2D eigenvalue weighted by Crippen LogP contribution is 2.29. The van der Waals surface area contributed by atoms with Crippen LogP contribution in [0.5, 0.6) is 5.75 Å². The third-order valence-corrected chi connectivity index (χ3v) is 3.26. The number of rotatable bonds is 6. The highest BCUT2D eigenvalue weighted by atomic mass is 19.4. The topological polar surface area (TPSA) is 50.4 Å². The Morgan fingerprint density at radius 3 is 2.56 bits per heavy atom. The van der Waals surface area contributed by atoms with Crippen LogP contribution < -0.4 is 15.4 Å². The van der Waals surface area contributed by atoms with Crippen molar-refractivity contribution in [3.8, 4) is 5.75 Å². The van der Waals surface area contributed by atoms with Crippen molar-refractivity contribution < 1.29 is 27.1 Å². The first-order valence-corrected chi connectivity index (χ1v) is 7.35. The van der Waals surface area contributed by atoms with E-state index in [-0.39, 0.29) is 24.6 Å². The summed E-state index contributed by atoms with van der Waals surface area (Å²) in [5, 5.41) is 5.19. The van der Waals surface area contributed by atoms with Gasteiger partial charge in [0.25, 0.3) is 0 Å². The largest absolute Gasteiger partial charge is 0.573 e. The second kappa shape index (κ2) is 7.87. The SMILES string of the molecule is Cc1cc(CNC(=O)CNc2ccccc2OC(F)(F)F)ccc1F. The monoisotopic (exact) mass is 356 g/mol. The van der Waals surface area contributed by atoms with E-state index in [0.717, 1.165) is 6.07 Å². The zero-order valence-electron chi connectivity index (χ0n) is 13.3. The van der Waals surface area contributed by atoms with Gasteiger partial charge in [-0.15, -0.1) is 13.2 Å². The average molecular weight is 356 g/mol. The Bertz CT molecular complexity index is 748. The van der Waals surface area contributed by atoms with Crippen LogP contribution >= 0.6 is 0 Å². The molecule has 0 aliphatic carbocycles. The van der Waals surface area contributed by atoms with Gasteiger partial charge in [0, 0.05) is 6.54 Å². The van der Waals surface area contributed by atoms with E-state index in [1.807, 2.05) is 0 Å². The Hall–Kier alpha value is -2.77. The van der Waals surface area contributed by atoms with Gasteiger partial charge in [-0.3, -0.25) is 4.79 Å². The number of hydrogen-bond acceptors (Lipinski definition) is 3. The number of ether oxygens (including phenoxy) is 1. The van der Waals surface area contributed by atoms with Crippen LogP contribution in [0.3, 0.4) is 0 Å². The predicted molar refractivity (Wildman–Crippen MR) is 84.6 cm³/mol. The van der Waals surface area contributed by atoms with E-state index in [9.17, 15) is 22.4 Å². The molecule has 0 aliphatic rings. The third kappa shape index (κ3) is 5.98. The molecular formula is C17H16F4N2O2. The molecule has 0 spiro atoms. The van der Waals surface area contributed by atoms with Gasteiger partial charge >= 0.3 is 6.36 Å². The molecular weight excluding hydrogens is 340 g/mol. The Morgan fingerprint density at radius 2 is 1.88 bits per heavy atom. The van der Waals surface area contributed by atoms with Crippen LogP contribution in [-0.2, 0) is 11.3 Å². The van der Waals surface area contributed by atoms with Crippen LogP contribution in [0.4, 0.5) is 23.2 Å². The predicted octanol–water partition coefficient (Wildman–Crippen LogP) is 3.76. The summed E-state index contributed by atoms with van der Waals surface area (Å²) >= 11 is 0. The van der Waals surface area contributed by atoms with E-state index in [2.05, 4.69) is 15.4 Å². The van der Waals surface area contributed by atoms with Crippen molar-refractivity contribution in [1.82, 2.24) is 5.32 Å². The number of para-hydroxylation sites is 2. The number of carbonyl (C=O) groups is 1. The molecule has 2 aromatic carbocycles. The van der Waals surface area contributed by atoms with Crippen LogP contribution in [0.25, 0.3) is 0 Å². The summed E-state index contributed by atoms with van der Waals surface area (Å²) in [4.78, 5) is 11.8. The minimum atomic E-state index is -4.82. The molecule has 0 fully saturated rings. The Labute approximate surface area is 141 Å². The van der Waals surface area contributed by atoms with E-state index >= 15 is 0 Å². The summed E-state index contributed by atoms with van der Waals surface area (Å²) in [7, 11) is 0. The van der Waals surface area contributed by atoms with E-state index in [4.69, 9.17) is 0 Å². The molecule has 2 rings (SSSR count). The van der Waals surface area contributed by atoms with Crippen LogP contribution in [0.2, 0.25) is 0 Å². The first-order chi connectivity index (χ1) is 11.7. The van der Waals surface area contributed by atoms with Crippen molar-refractivity contribution in [2.45, 2.75) is 19.8 Å². The number of aryl methyl sites for hydroxylation is 1. The first-order valence-electron chi connectivity index (χ1n) is 7.35. The van der Waals surface area contributed by atoms with Crippen LogP contribution in [0.1, 0.15) is 11.1 Å². The molecule has 0 radical (unpaired) electrons. The lowest BCUT2D eigenvalue weighted by atomic mass is 10.1. The molecule has 2 aromatic rings. The van der Waals surface area contributed by atoms with Gasteiger partial charge in [0.05, 0.1) is 12.2 Å².